The van der Waals surface area contributed by atoms with Crippen molar-refractivity contribution in [1.29, 1.82) is 0 Å². The van der Waals surface area contributed by atoms with Gasteiger partial charge in [0.25, 0.3) is 0 Å². The third-order valence-electron chi connectivity index (χ3n) is 25.6. The van der Waals surface area contributed by atoms with Crippen molar-refractivity contribution in [1.82, 2.24) is 17.9 Å². The lowest BCUT2D eigenvalue weighted by atomic mass is 9.82. The summed E-state index contributed by atoms with van der Waals surface area (Å²) in [7, 11) is 0. The highest BCUT2D eigenvalue weighted by Crippen LogP contribution is 2.57. The van der Waals surface area contributed by atoms with Crippen molar-refractivity contribution in [2.75, 3.05) is 9.80 Å². The Morgan fingerprint density at radius 3 is 0.776 bits per heavy atom. The fourth-order valence-corrected chi connectivity index (χ4v) is 19.5. The Bertz CT molecular complexity index is 6770. The van der Waals surface area contributed by atoms with E-state index in [1.165, 1.54) is 164 Å². The van der Waals surface area contributed by atoms with Gasteiger partial charge in [0.2, 0.25) is 0 Å². The lowest BCUT2D eigenvalue weighted by Crippen LogP contribution is -2.21. The zero-order chi connectivity index (χ0) is 81.7. The Hall–Kier alpha value is -11.3. The van der Waals surface area contributed by atoms with E-state index in [1.54, 1.807) is 0 Å². The standard InChI is InChI=1S/C110H112N6/c1-103(2,3)67-37-47-75(48-38-67)111(77-51-55-93-83(63-77)79-29-25-27-31-91(79)115(93)109(19,20)21)73-43-33-65(34-44-73)95-97-87-61-71(107(13,14)15)59-85-82-58-70(106(10,11)12)42-54-90(82)114(99(85)87)102(97)96(98-88-62-72(108(16,17)18)60-86-81-57-69(105(7,8)9)41-53-89(81)113(100(86)88)101(95)98)66-35-45-74(46-36-66)112(76-49-39-68(40-50-76)104(4,5)6)78-52-56-94-84(64-78)80-30-26-28-32-92(80)116(94)110(22,23)24/h25-64H,1-24H3. The molecule has 0 radical (unpaired) electrons. The summed E-state index contributed by atoms with van der Waals surface area (Å²) in [5.74, 6) is 0. The van der Waals surface area contributed by atoms with Gasteiger partial charge in [0.15, 0.2) is 0 Å². The Kier molecular flexibility index (Phi) is 16.2. The second-order valence-electron chi connectivity index (χ2n) is 42.0. The van der Waals surface area contributed by atoms with Gasteiger partial charge >= 0.3 is 0 Å². The Labute approximate surface area is 685 Å². The maximum atomic E-state index is 2.73. The van der Waals surface area contributed by atoms with Gasteiger partial charge in [-0.3, -0.25) is 0 Å². The lowest BCUT2D eigenvalue weighted by molar-refractivity contribution is 0.423. The maximum Gasteiger partial charge on any atom is 0.0634 e. The van der Waals surface area contributed by atoms with Crippen LogP contribution in [0.15, 0.2) is 243 Å². The molecule has 0 fully saturated rings. The normalized spacial score (nSPS) is 13.5. The maximum absolute atomic E-state index is 2.73. The molecule has 0 aliphatic rings. The van der Waals surface area contributed by atoms with Crippen LogP contribution >= 0.6 is 0 Å². The van der Waals surface area contributed by atoms with Crippen molar-refractivity contribution in [3.05, 3.63) is 276 Å². The highest BCUT2D eigenvalue weighted by atomic mass is 15.2. The molecule has 19 aromatic rings. The molecule has 0 bridgehead atoms. The minimum Gasteiger partial charge on any atom is -0.335 e. The number of aromatic nitrogens is 4. The third kappa shape index (κ3) is 11.6. The van der Waals surface area contributed by atoms with E-state index in [1.807, 2.05) is 0 Å². The second-order valence-corrected chi connectivity index (χ2v) is 42.0. The molecular weight excluding hydrogens is 1410 g/mol. The number of para-hydroxylation sites is 2. The monoisotopic (exact) mass is 1520 g/mol. The van der Waals surface area contributed by atoms with Crippen molar-refractivity contribution in [3.8, 4) is 22.3 Å². The molecule has 6 aromatic heterocycles. The van der Waals surface area contributed by atoms with Crippen LogP contribution in [-0.2, 0) is 43.6 Å². The van der Waals surface area contributed by atoms with Crippen LogP contribution in [0, 0.1) is 0 Å². The molecule has 6 heteroatoms. The molecule has 6 heterocycles. The van der Waals surface area contributed by atoms with Crippen LogP contribution in [0.25, 0.3) is 142 Å². The molecule has 19 rings (SSSR count). The van der Waals surface area contributed by atoms with E-state index < -0.39 is 0 Å². The van der Waals surface area contributed by atoms with Gasteiger partial charge in [0, 0.05) is 143 Å². The first-order chi connectivity index (χ1) is 54.6. The zero-order valence-electron chi connectivity index (χ0n) is 72.8. The molecule has 13 aromatic carbocycles. The summed E-state index contributed by atoms with van der Waals surface area (Å²) >= 11 is 0. The summed E-state index contributed by atoms with van der Waals surface area (Å²) in [4.78, 5) is 4.98. The SMILES string of the molecule is CC(C)(C)c1ccc(N(c2ccc(-c3c4c5cc(C(C)(C)C)cc6c7cc(C(C)(C)C)ccc7n(c4c(-c4ccc(N(c7ccc(C(C)(C)C)cc7)c7ccc8c(c7)c7ccccc7n8C(C)(C)C)cc4)c4c7cc(C(C)(C)C)cc8c9cc(C(C)(C)C)ccc9n(c34)c87)c65)cc2)c2ccc3c(c2)c2ccccc2n3C(C)(C)C)cc1. The molecule has 0 unspecified atom stereocenters. The molecule has 0 aliphatic carbocycles. The smallest absolute Gasteiger partial charge is 0.0634 e. The van der Waals surface area contributed by atoms with Gasteiger partial charge in [-0.2, -0.15) is 0 Å². The number of hydrogen-bond donors (Lipinski definition) is 0. The van der Waals surface area contributed by atoms with Gasteiger partial charge in [-0.25, -0.2) is 0 Å². The molecular formula is C110H112N6. The number of benzene rings is 13. The fourth-order valence-electron chi connectivity index (χ4n) is 19.5. The van der Waals surface area contributed by atoms with Gasteiger partial charge < -0.3 is 27.7 Å². The van der Waals surface area contributed by atoms with Crippen LogP contribution in [0.5, 0.6) is 0 Å². The largest absolute Gasteiger partial charge is 0.335 e. The first-order valence-electron chi connectivity index (χ1n) is 42.2. The van der Waals surface area contributed by atoms with Gasteiger partial charge in [-0.15, -0.1) is 0 Å². The van der Waals surface area contributed by atoms with E-state index in [4.69, 9.17) is 0 Å². The van der Waals surface area contributed by atoms with Crippen LogP contribution in [0.4, 0.5) is 34.1 Å². The Morgan fingerprint density at radius 2 is 0.457 bits per heavy atom. The zero-order valence-corrected chi connectivity index (χ0v) is 72.8. The predicted octanol–water partition coefficient (Wildman–Crippen LogP) is 31.8. The number of hydrogen-bond acceptors (Lipinski definition) is 2. The van der Waals surface area contributed by atoms with Gasteiger partial charge in [0.05, 0.1) is 33.1 Å². The van der Waals surface area contributed by atoms with Crippen LogP contribution in [-0.4, -0.2) is 17.9 Å². The average molecular weight is 1520 g/mol. The molecule has 0 saturated carbocycles. The molecule has 582 valence electrons. The minimum absolute atomic E-state index is 0.0224. The fraction of sp³-hybridized carbons (Fsp3) is 0.291. The van der Waals surface area contributed by atoms with Crippen LogP contribution in [0.2, 0.25) is 0 Å². The lowest BCUT2D eigenvalue weighted by Gasteiger charge is -2.28. The molecule has 116 heavy (non-hydrogen) atoms. The van der Waals surface area contributed by atoms with E-state index in [0.717, 1.165) is 45.3 Å². The van der Waals surface area contributed by atoms with Crippen molar-refractivity contribution in [2.24, 2.45) is 0 Å². The molecule has 0 spiro atoms. The predicted molar refractivity (Wildman–Crippen MR) is 504 cm³/mol. The van der Waals surface area contributed by atoms with E-state index in [0.29, 0.717) is 0 Å². The highest BCUT2D eigenvalue weighted by molar-refractivity contribution is 6.38. The van der Waals surface area contributed by atoms with Crippen LogP contribution < -0.4 is 9.80 Å². The van der Waals surface area contributed by atoms with Gasteiger partial charge in [0.1, 0.15) is 0 Å². The van der Waals surface area contributed by atoms with E-state index in [2.05, 4.69) is 437 Å². The Morgan fingerprint density at radius 1 is 0.198 bits per heavy atom. The van der Waals surface area contributed by atoms with Crippen molar-refractivity contribution < 1.29 is 0 Å². The van der Waals surface area contributed by atoms with Crippen molar-refractivity contribution in [3.63, 3.8) is 0 Å². The first-order valence-corrected chi connectivity index (χ1v) is 42.2. The third-order valence-corrected chi connectivity index (χ3v) is 25.6. The van der Waals surface area contributed by atoms with Crippen LogP contribution in [0.3, 0.4) is 0 Å². The summed E-state index contributed by atoms with van der Waals surface area (Å²) in [5, 5.41) is 15.2. The average Bonchev–Trinajstić information content (AvgIpc) is 1.49. The van der Waals surface area contributed by atoms with E-state index in [-0.39, 0.29) is 43.6 Å². The number of fused-ring (bicyclic) bond motifs is 18. The summed E-state index contributed by atoms with van der Waals surface area (Å²) in [6.07, 6.45) is 0. The summed E-state index contributed by atoms with van der Waals surface area (Å²) in [6, 6.07) is 95.6. The molecule has 0 N–H and O–H groups in total. The summed E-state index contributed by atoms with van der Waals surface area (Å²) in [5.41, 5.74) is 30.7. The molecule has 0 saturated heterocycles. The van der Waals surface area contributed by atoms with Gasteiger partial charge in [-0.05, 0) is 264 Å². The highest BCUT2D eigenvalue weighted by Gasteiger charge is 2.36. The van der Waals surface area contributed by atoms with Crippen molar-refractivity contribution in [2.45, 2.75) is 210 Å². The summed E-state index contributed by atoms with van der Waals surface area (Å²) < 4.78 is 10.5. The number of rotatable bonds is 8. The minimum atomic E-state index is -0.194. The first kappa shape index (κ1) is 74.7. The number of anilines is 6. The quantitative estimate of drug-likeness (QED) is 0.151. The topological polar surface area (TPSA) is 25.2 Å². The molecule has 0 aliphatic heterocycles. The van der Waals surface area contributed by atoms with E-state index >= 15 is 0 Å². The second kappa shape index (κ2) is 25.1. The van der Waals surface area contributed by atoms with Crippen molar-refractivity contribution >= 4 is 154 Å². The van der Waals surface area contributed by atoms with E-state index in [9.17, 15) is 0 Å². The molecule has 0 amide bonds. The Balaban J connectivity index is 0.948. The van der Waals surface area contributed by atoms with Crippen LogP contribution in [0.1, 0.15) is 200 Å². The number of nitrogens with zero attached hydrogens (tertiary/aromatic N) is 6. The molecule has 0 atom stereocenters. The molecule has 6 nitrogen and oxygen atoms in total. The summed E-state index contributed by atoms with van der Waals surface area (Å²) in [6.45, 7) is 56.3. The van der Waals surface area contributed by atoms with Gasteiger partial charge in [-0.1, -0.05) is 222 Å².